The Morgan fingerprint density at radius 3 is 3.04 bits per heavy atom. The molecule has 2 aliphatic rings. The van der Waals surface area contributed by atoms with Crippen molar-refractivity contribution in [3.63, 3.8) is 0 Å². The predicted octanol–water partition coefficient (Wildman–Crippen LogP) is 2.21. The van der Waals surface area contributed by atoms with Gasteiger partial charge in [0.05, 0.1) is 23.6 Å². The van der Waals surface area contributed by atoms with Crippen molar-refractivity contribution in [1.29, 1.82) is 0 Å². The third-order valence-electron chi connectivity index (χ3n) is 4.77. The zero-order chi connectivity index (χ0) is 17.4. The van der Waals surface area contributed by atoms with Crippen molar-refractivity contribution in [1.82, 2.24) is 19.8 Å². The van der Waals surface area contributed by atoms with Crippen molar-refractivity contribution < 1.29 is 18.7 Å². The highest BCUT2D eigenvalue weighted by atomic mass is 19.1. The summed E-state index contributed by atoms with van der Waals surface area (Å²) in [6, 6.07) is 4.21. The number of ether oxygens (including phenoxy) is 1. The fraction of sp³-hybridized carbons (Fsp3) is 0.471. The first-order valence-corrected chi connectivity index (χ1v) is 8.48. The first-order valence-electron chi connectivity index (χ1n) is 8.48. The molecule has 2 fully saturated rings. The van der Waals surface area contributed by atoms with Gasteiger partial charge in [0.25, 0.3) is 0 Å². The second kappa shape index (κ2) is 6.34. The molecule has 0 saturated carbocycles. The van der Waals surface area contributed by atoms with Crippen LogP contribution in [0, 0.1) is 5.82 Å². The summed E-state index contributed by atoms with van der Waals surface area (Å²) in [5, 5.41) is 0. The number of amides is 2. The van der Waals surface area contributed by atoms with Crippen LogP contribution >= 0.6 is 0 Å². The summed E-state index contributed by atoms with van der Waals surface area (Å²) in [6.07, 6.45) is 2.26. The number of halogens is 1. The summed E-state index contributed by atoms with van der Waals surface area (Å²) in [5.41, 5.74) is 1.30. The van der Waals surface area contributed by atoms with Gasteiger partial charge in [0.2, 0.25) is 5.91 Å². The van der Waals surface area contributed by atoms with E-state index in [0.29, 0.717) is 36.6 Å². The number of likely N-dealkylation sites (tertiary alicyclic amines) is 1. The van der Waals surface area contributed by atoms with Crippen LogP contribution in [0.1, 0.15) is 31.1 Å². The number of rotatable bonds is 3. The molecule has 2 aliphatic heterocycles. The van der Waals surface area contributed by atoms with Crippen LogP contribution in [-0.2, 0) is 9.53 Å². The number of aromatic amines is 1. The van der Waals surface area contributed by atoms with Gasteiger partial charge < -0.3 is 14.6 Å². The van der Waals surface area contributed by atoms with Gasteiger partial charge in [-0.05, 0) is 37.5 Å². The maximum absolute atomic E-state index is 13.4. The van der Waals surface area contributed by atoms with Crippen LogP contribution < -0.4 is 0 Å². The lowest BCUT2D eigenvalue weighted by molar-refractivity contribution is -0.135. The average molecular weight is 346 g/mol. The molecule has 0 aliphatic carbocycles. The first-order chi connectivity index (χ1) is 12.1. The minimum atomic E-state index is -0.443. The summed E-state index contributed by atoms with van der Waals surface area (Å²) in [4.78, 5) is 35.2. The number of aromatic nitrogens is 2. The van der Waals surface area contributed by atoms with Crippen LogP contribution in [-0.4, -0.2) is 58.0 Å². The number of imidazole rings is 1. The summed E-state index contributed by atoms with van der Waals surface area (Å²) < 4.78 is 18.3. The molecular formula is C17H19FN4O3. The van der Waals surface area contributed by atoms with E-state index in [1.165, 1.54) is 17.0 Å². The van der Waals surface area contributed by atoms with Crippen LogP contribution in [0.4, 0.5) is 9.18 Å². The van der Waals surface area contributed by atoms with Gasteiger partial charge in [-0.25, -0.2) is 14.2 Å². The topological polar surface area (TPSA) is 78.5 Å². The molecule has 0 bridgehead atoms. The van der Waals surface area contributed by atoms with Gasteiger partial charge in [-0.15, -0.1) is 0 Å². The maximum atomic E-state index is 13.4. The minimum Gasteiger partial charge on any atom is -0.448 e. The van der Waals surface area contributed by atoms with E-state index in [9.17, 15) is 14.0 Å². The van der Waals surface area contributed by atoms with Gasteiger partial charge >= 0.3 is 6.09 Å². The molecule has 3 heterocycles. The zero-order valence-corrected chi connectivity index (χ0v) is 13.7. The predicted molar refractivity (Wildman–Crippen MR) is 87.3 cm³/mol. The number of carbonyl (C=O) groups is 2. The van der Waals surface area contributed by atoms with E-state index in [1.54, 1.807) is 11.0 Å². The SMILES string of the molecule is O=C1OCCN1CC(=O)N1CCCCC1c1nc2ccc(F)cc2[nH]1. The van der Waals surface area contributed by atoms with Crippen molar-refractivity contribution in [3.8, 4) is 0 Å². The van der Waals surface area contributed by atoms with Crippen LogP contribution in [0.25, 0.3) is 11.0 Å². The minimum absolute atomic E-state index is 0.0180. The van der Waals surface area contributed by atoms with Crippen molar-refractivity contribution in [3.05, 3.63) is 29.8 Å². The van der Waals surface area contributed by atoms with Gasteiger partial charge in [0.1, 0.15) is 24.8 Å². The zero-order valence-electron chi connectivity index (χ0n) is 13.7. The molecule has 1 aromatic heterocycles. The fourth-order valence-electron chi connectivity index (χ4n) is 3.50. The Hall–Kier alpha value is -2.64. The van der Waals surface area contributed by atoms with Crippen LogP contribution in [0.3, 0.4) is 0 Å². The monoisotopic (exact) mass is 346 g/mol. The Balaban J connectivity index is 1.57. The number of cyclic esters (lactones) is 1. The molecule has 7 nitrogen and oxygen atoms in total. The van der Waals surface area contributed by atoms with Crippen LogP contribution in [0.15, 0.2) is 18.2 Å². The number of piperidine rings is 1. The molecule has 8 heteroatoms. The summed E-state index contributed by atoms with van der Waals surface area (Å²) in [6.45, 7) is 1.40. The number of carbonyl (C=O) groups excluding carboxylic acids is 2. The quantitative estimate of drug-likeness (QED) is 0.924. The Kier molecular flexibility index (Phi) is 4.03. The van der Waals surface area contributed by atoms with Crippen molar-refractivity contribution in [2.45, 2.75) is 25.3 Å². The Morgan fingerprint density at radius 1 is 1.36 bits per heavy atom. The largest absolute Gasteiger partial charge is 0.448 e. The van der Waals surface area contributed by atoms with Crippen molar-refractivity contribution in [2.75, 3.05) is 26.2 Å². The van der Waals surface area contributed by atoms with E-state index in [4.69, 9.17) is 4.74 Å². The molecule has 4 rings (SSSR count). The second-order valence-corrected chi connectivity index (χ2v) is 6.42. The lowest BCUT2D eigenvalue weighted by Gasteiger charge is -2.35. The molecule has 1 N–H and O–H groups in total. The highest BCUT2D eigenvalue weighted by molar-refractivity contribution is 5.83. The number of hydrogen-bond donors (Lipinski definition) is 1. The highest BCUT2D eigenvalue weighted by Gasteiger charge is 2.33. The molecule has 1 unspecified atom stereocenters. The fourth-order valence-corrected chi connectivity index (χ4v) is 3.50. The van der Waals surface area contributed by atoms with E-state index in [1.807, 2.05) is 0 Å². The molecule has 1 aromatic carbocycles. The van der Waals surface area contributed by atoms with E-state index < -0.39 is 6.09 Å². The van der Waals surface area contributed by atoms with E-state index in [2.05, 4.69) is 9.97 Å². The van der Waals surface area contributed by atoms with Crippen molar-refractivity contribution >= 4 is 23.0 Å². The number of hydrogen-bond acceptors (Lipinski definition) is 4. The number of nitrogens with zero attached hydrogens (tertiary/aromatic N) is 3. The standard InChI is InChI=1S/C17H19FN4O3/c18-11-4-5-12-13(9-11)20-16(19-12)14-3-1-2-6-22(14)15(23)10-21-7-8-25-17(21)24/h4-5,9,14H,1-3,6-8,10H2,(H,19,20). The average Bonchev–Trinajstić information content (AvgIpc) is 3.20. The van der Waals surface area contributed by atoms with E-state index in [-0.39, 0.29) is 24.3 Å². The second-order valence-electron chi connectivity index (χ2n) is 6.42. The number of nitrogens with one attached hydrogen (secondary N) is 1. The molecule has 2 saturated heterocycles. The van der Waals surface area contributed by atoms with Gasteiger partial charge in [0.15, 0.2) is 0 Å². The van der Waals surface area contributed by atoms with Crippen molar-refractivity contribution in [2.24, 2.45) is 0 Å². The third kappa shape index (κ3) is 3.04. The first kappa shape index (κ1) is 15.9. The highest BCUT2D eigenvalue weighted by Crippen LogP contribution is 2.31. The van der Waals surface area contributed by atoms with E-state index >= 15 is 0 Å². The van der Waals surface area contributed by atoms with E-state index in [0.717, 1.165) is 19.3 Å². The lowest BCUT2D eigenvalue weighted by atomic mass is 10.0. The number of H-pyrrole nitrogens is 1. The summed E-state index contributed by atoms with van der Waals surface area (Å²) >= 11 is 0. The Labute approximate surface area is 143 Å². The lowest BCUT2D eigenvalue weighted by Crippen LogP contribution is -2.44. The number of fused-ring (bicyclic) bond motifs is 1. The van der Waals surface area contributed by atoms with Gasteiger partial charge in [-0.1, -0.05) is 0 Å². The summed E-state index contributed by atoms with van der Waals surface area (Å²) in [5.74, 6) is 0.222. The molecule has 1 atom stereocenters. The Morgan fingerprint density at radius 2 is 2.24 bits per heavy atom. The molecule has 0 spiro atoms. The third-order valence-corrected chi connectivity index (χ3v) is 4.77. The van der Waals surface area contributed by atoms with Crippen LogP contribution in [0.2, 0.25) is 0 Å². The Bertz CT molecular complexity index is 821. The number of benzene rings is 1. The molecule has 2 aromatic rings. The van der Waals surface area contributed by atoms with Gasteiger partial charge in [0, 0.05) is 6.54 Å². The molecule has 0 radical (unpaired) electrons. The molecule has 2 amide bonds. The van der Waals surface area contributed by atoms with Gasteiger partial charge in [-0.3, -0.25) is 9.69 Å². The molecular weight excluding hydrogens is 327 g/mol. The smallest absolute Gasteiger partial charge is 0.410 e. The maximum Gasteiger partial charge on any atom is 0.410 e. The molecule has 132 valence electrons. The van der Waals surface area contributed by atoms with Crippen LogP contribution in [0.5, 0.6) is 0 Å². The normalized spacial score (nSPS) is 21.0. The van der Waals surface area contributed by atoms with Gasteiger partial charge in [-0.2, -0.15) is 0 Å². The summed E-state index contributed by atoms with van der Waals surface area (Å²) in [7, 11) is 0. The molecule has 25 heavy (non-hydrogen) atoms.